The predicted molar refractivity (Wildman–Crippen MR) is 138 cm³/mol. The molecule has 38 heavy (non-hydrogen) atoms. The van der Waals surface area contributed by atoms with Crippen LogP contribution < -0.4 is 10.6 Å². The summed E-state index contributed by atoms with van der Waals surface area (Å²) in [7, 11) is 1.71. The SMILES string of the molecule is Cn1nncc1CNC(=O)c1cc(NC(=O)c2cc(-c3ccccn3)c(F)cc2Cl)n(-c2ccccc2)n1. The molecular formula is C26H20ClFN8O2. The van der Waals surface area contributed by atoms with Gasteiger partial charge < -0.3 is 10.6 Å². The fourth-order valence-corrected chi connectivity index (χ4v) is 3.94. The average Bonchev–Trinajstić information content (AvgIpc) is 3.54. The lowest BCUT2D eigenvalue weighted by Crippen LogP contribution is -2.24. The molecule has 3 heterocycles. The van der Waals surface area contributed by atoms with Crippen molar-refractivity contribution in [3.63, 3.8) is 0 Å². The number of halogens is 2. The number of hydrogen-bond acceptors (Lipinski definition) is 6. The average molecular weight is 531 g/mol. The van der Waals surface area contributed by atoms with E-state index < -0.39 is 17.6 Å². The number of benzene rings is 2. The van der Waals surface area contributed by atoms with Crippen molar-refractivity contribution in [2.45, 2.75) is 6.54 Å². The fourth-order valence-electron chi connectivity index (χ4n) is 3.70. The minimum atomic E-state index is -0.614. The van der Waals surface area contributed by atoms with Gasteiger partial charge in [0, 0.05) is 24.9 Å². The molecule has 0 bridgehead atoms. The van der Waals surface area contributed by atoms with Crippen molar-refractivity contribution in [3.8, 4) is 16.9 Å². The summed E-state index contributed by atoms with van der Waals surface area (Å²) in [6.07, 6.45) is 3.07. The standard InChI is InChI=1S/C26H20ClFN8O2/c1-35-17(15-31-34-35)14-30-26(38)23-13-24(36(33-23)16-7-3-2-4-8-16)32-25(37)18-11-19(21(28)12-20(18)27)22-9-5-6-10-29-22/h2-13,15H,14H2,1H3,(H,30,38)(H,32,37). The van der Waals surface area contributed by atoms with Crippen molar-refractivity contribution >= 4 is 29.2 Å². The second-order valence-corrected chi connectivity index (χ2v) is 8.58. The molecular weight excluding hydrogens is 511 g/mol. The van der Waals surface area contributed by atoms with Crippen LogP contribution in [-0.4, -0.2) is 41.6 Å². The lowest BCUT2D eigenvalue weighted by atomic mass is 10.1. The van der Waals surface area contributed by atoms with Gasteiger partial charge >= 0.3 is 0 Å². The van der Waals surface area contributed by atoms with E-state index in [0.29, 0.717) is 17.1 Å². The van der Waals surface area contributed by atoms with Crippen LogP contribution in [0.5, 0.6) is 0 Å². The number of aryl methyl sites for hydroxylation is 1. The Morgan fingerprint density at radius 2 is 1.82 bits per heavy atom. The van der Waals surface area contributed by atoms with E-state index in [4.69, 9.17) is 11.6 Å². The summed E-state index contributed by atoms with van der Waals surface area (Å²) in [5.41, 5.74) is 1.89. The lowest BCUT2D eigenvalue weighted by Gasteiger charge is -2.11. The van der Waals surface area contributed by atoms with Crippen molar-refractivity contribution in [1.29, 1.82) is 0 Å². The zero-order chi connectivity index (χ0) is 26.6. The van der Waals surface area contributed by atoms with Gasteiger partial charge in [-0.25, -0.2) is 9.07 Å². The molecule has 0 aliphatic heterocycles. The maximum atomic E-state index is 14.7. The van der Waals surface area contributed by atoms with E-state index in [9.17, 15) is 14.0 Å². The monoisotopic (exact) mass is 530 g/mol. The quantitative estimate of drug-likeness (QED) is 0.328. The van der Waals surface area contributed by atoms with Crippen LogP contribution in [0.3, 0.4) is 0 Å². The van der Waals surface area contributed by atoms with E-state index in [2.05, 4.69) is 31.0 Å². The molecule has 2 N–H and O–H groups in total. The second-order valence-electron chi connectivity index (χ2n) is 8.17. The number of aromatic nitrogens is 6. The third kappa shape index (κ3) is 5.13. The highest BCUT2D eigenvalue weighted by molar-refractivity contribution is 6.34. The molecule has 0 fully saturated rings. The topological polar surface area (TPSA) is 120 Å². The van der Waals surface area contributed by atoms with Crippen LogP contribution in [0.4, 0.5) is 10.2 Å². The van der Waals surface area contributed by atoms with E-state index in [0.717, 1.165) is 6.07 Å². The van der Waals surface area contributed by atoms with E-state index in [-0.39, 0.29) is 34.2 Å². The molecule has 0 atom stereocenters. The number of rotatable bonds is 7. The van der Waals surface area contributed by atoms with Crippen LogP contribution in [-0.2, 0) is 13.6 Å². The van der Waals surface area contributed by atoms with Crippen LogP contribution in [0.1, 0.15) is 26.5 Å². The molecule has 0 unspecified atom stereocenters. The minimum absolute atomic E-state index is 0.0317. The van der Waals surface area contributed by atoms with Crippen molar-refractivity contribution in [1.82, 2.24) is 35.1 Å². The summed E-state index contributed by atoms with van der Waals surface area (Å²) in [4.78, 5) is 30.4. The number of pyridine rings is 1. The summed E-state index contributed by atoms with van der Waals surface area (Å²) in [6.45, 7) is 0.184. The Labute approximate surface area is 221 Å². The molecule has 190 valence electrons. The summed E-state index contributed by atoms with van der Waals surface area (Å²) in [5.74, 6) is -1.47. The normalized spacial score (nSPS) is 10.8. The number of amides is 2. The summed E-state index contributed by atoms with van der Waals surface area (Å²) >= 11 is 6.25. The Kier molecular flexibility index (Phi) is 6.92. The highest BCUT2D eigenvalue weighted by Crippen LogP contribution is 2.28. The molecule has 2 aromatic carbocycles. The van der Waals surface area contributed by atoms with Gasteiger partial charge in [-0.15, -0.1) is 5.10 Å². The summed E-state index contributed by atoms with van der Waals surface area (Å²) in [6, 6.07) is 17.9. The van der Waals surface area contributed by atoms with Crippen LogP contribution >= 0.6 is 11.6 Å². The highest BCUT2D eigenvalue weighted by Gasteiger charge is 2.21. The highest BCUT2D eigenvalue weighted by atomic mass is 35.5. The molecule has 0 saturated heterocycles. The zero-order valence-electron chi connectivity index (χ0n) is 20.0. The summed E-state index contributed by atoms with van der Waals surface area (Å²) < 4.78 is 17.6. The smallest absolute Gasteiger partial charge is 0.272 e. The third-order valence-electron chi connectivity index (χ3n) is 5.66. The number of carbonyl (C=O) groups excluding carboxylic acids is 2. The van der Waals surface area contributed by atoms with E-state index >= 15 is 0 Å². The molecule has 0 radical (unpaired) electrons. The molecule has 12 heteroatoms. The van der Waals surface area contributed by atoms with Gasteiger partial charge in [0.25, 0.3) is 11.8 Å². The van der Waals surface area contributed by atoms with Gasteiger partial charge in [-0.2, -0.15) is 5.10 Å². The van der Waals surface area contributed by atoms with Gasteiger partial charge in [-0.3, -0.25) is 19.3 Å². The Bertz CT molecular complexity index is 1620. The Balaban J connectivity index is 1.45. The molecule has 5 rings (SSSR count). The van der Waals surface area contributed by atoms with E-state index in [1.165, 1.54) is 23.0 Å². The lowest BCUT2D eigenvalue weighted by molar-refractivity contribution is 0.0943. The van der Waals surface area contributed by atoms with Gasteiger partial charge in [-0.05, 0) is 36.4 Å². The molecule has 5 aromatic rings. The number of carbonyl (C=O) groups is 2. The van der Waals surface area contributed by atoms with Crippen LogP contribution in [0.2, 0.25) is 5.02 Å². The number of nitrogens with one attached hydrogen (secondary N) is 2. The van der Waals surface area contributed by atoms with E-state index in [1.54, 1.807) is 60.4 Å². The molecule has 10 nitrogen and oxygen atoms in total. The maximum Gasteiger partial charge on any atom is 0.272 e. The Hall–Kier alpha value is -4.90. The van der Waals surface area contributed by atoms with Gasteiger partial charge in [0.2, 0.25) is 0 Å². The first kappa shape index (κ1) is 24.8. The van der Waals surface area contributed by atoms with Crippen molar-refractivity contribution < 1.29 is 14.0 Å². The molecule has 2 amide bonds. The van der Waals surface area contributed by atoms with Gasteiger partial charge in [-0.1, -0.05) is 41.1 Å². The Morgan fingerprint density at radius 3 is 2.53 bits per heavy atom. The summed E-state index contributed by atoms with van der Waals surface area (Å²) in [5, 5.41) is 17.5. The van der Waals surface area contributed by atoms with Gasteiger partial charge in [0.1, 0.15) is 11.6 Å². The number of anilines is 1. The maximum absolute atomic E-state index is 14.7. The molecule has 0 spiro atoms. The number of nitrogens with zero attached hydrogens (tertiary/aromatic N) is 6. The largest absolute Gasteiger partial charge is 0.345 e. The third-order valence-corrected chi connectivity index (χ3v) is 5.98. The Morgan fingerprint density at radius 1 is 1.03 bits per heavy atom. The molecule has 0 aliphatic rings. The van der Waals surface area contributed by atoms with Gasteiger partial charge in [0.05, 0.1) is 40.4 Å². The molecule has 3 aromatic heterocycles. The fraction of sp³-hybridized carbons (Fsp3) is 0.0769. The first-order valence-electron chi connectivity index (χ1n) is 11.4. The van der Waals surface area contributed by atoms with Crippen molar-refractivity contribution in [2.24, 2.45) is 7.05 Å². The predicted octanol–water partition coefficient (Wildman–Crippen LogP) is 4.04. The molecule has 0 aliphatic carbocycles. The van der Waals surface area contributed by atoms with E-state index in [1.807, 2.05) is 6.07 Å². The minimum Gasteiger partial charge on any atom is -0.345 e. The van der Waals surface area contributed by atoms with Gasteiger partial charge in [0.15, 0.2) is 5.69 Å². The van der Waals surface area contributed by atoms with Crippen LogP contribution in [0.15, 0.2) is 79.1 Å². The molecule has 0 saturated carbocycles. The first-order valence-corrected chi connectivity index (χ1v) is 11.8. The number of para-hydroxylation sites is 1. The first-order chi connectivity index (χ1) is 18.4. The second kappa shape index (κ2) is 10.6. The van der Waals surface area contributed by atoms with Crippen molar-refractivity contribution in [2.75, 3.05) is 5.32 Å². The van der Waals surface area contributed by atoms with Crippen LogP contribution in [0, 0.1) is 5.82 Å². The number of hydrogen-bond donors (Lipinski definition) is 2. The van der Waals surface area contributed by atoms with Crippen molar-refractivity contribution in [3.05, 3.63) is 107 Å². The van der Waals surface area contributed by atoms with Crippen LogP contribution in [0.25, 0.3) is 16.9 Å². The zero-order valence-corrected chi connectivity index (χ0v) is 20.7.